The first-order chi connectivity index (χ1) is 7.10. The van der Waals surface area contributed by atoms with Gasteiger partial charge in [0.1, 0.15) is 0 Å². The minimum Gasteiger partial charge on any atom is -0.339 e. The highest BCUT2D eigenvalue weighted by Gasteiger charge is 2.36. The molecule has 4 nitrogen and oxygen atoms in total. The summed E-state index contributed by atoms with van der Waals surface area (Å²) in [4.78, 5) is 4.35. The highest BCUT2D eigenvalue weighted by atomic mass is 16.5. The highest BCUT2D eigenvalue weighted by Crippen LogP contribution is 2.34. The summed E-state index contributed by atoms with van der Waals surface area (Å²) in [7, 11) is 0. The van der Waals surface area contributed by atoms with Crippen molar-refractivity contribution >= 4 is 0 Å². The molecule has 1 aliphatic rings. The van der Waals surface area contributed by atoms with Gasteiger partial charge in [0, 0.05) is 5.41 Å². The number of aromatic nitrogens is 2. The van der Waals surface area contributed by atoms with E-state index in [9.17, 15) is 0 Å². The third kappa shape index (κ3) is 2.04. The Morgan fingerprint density at radius 1 is 1.47 bits per heavy atom. The second-order valence-corrected chi connectivity index (χ2v) is 4.91. The van der Waals surface area contributed by atoms with Gasteiger partial charge in [0.25, 0.3) is 0 Å². The molecule has 1 atom stereocenters. The zero-order valence-electron chi connectivity index (χ0n) is 9.71. The average Bonchev–Trinajstić information content (AvgIpc) is 2.67. The maximum atomic E-state index is 5.29. The number of nitrogens with zero attached hydrogens (tertiary/aromatic N) is 2. The molecule has 1 N–H and O–H groups in total. The monoisotopic (exact) mass is 209 g/mol. The van der Waals surface area contributed by atoms with Gasteiger partial charge >= 0.3 is 0 Å². The van der Waals surface area contributed by atoms with Crippen LogP contribution in [0.1, 0.15) is 38.4 Å². The highest BCUT2D eigenvalue weighted by molar-refractivity contribution is 5.04. The van der Waals surface area contributed by atoms with Crippen LogP contribution in [-0.4, -0.2) is 23.2 Å². The molecule has 1 aromatic rings. The molecule has 84 valence electrons. The lowest BCUT2D eigenvalue weighted by Crippen LogP contribution is -2.40. The molecule has 2 rings (SSSR count). The Kier molecular flexibility index (Phi) is 2.78. The molecule has 1 aliphatic heterocycles. The molecule has 4 heteroatoms. The van der Waals surface area contributed by atoms with Gasteiger partial charge in [-0.1, -0.05) is 19.0 Å². The number of nitrogens with one attached hydrogen (secondary N) is 1. The summed E-state index contributed by atoms with van der Waals surface area (Å²) in [6.45, 7) is 8.43. The van der Waals surface area contributed by atoms with Gasteiger partial charge in [0.05, 0.1) is 0 Å². The van der Waals surface area contributed by atoms with Crippen molar-refractivity contribution in [2.75, 3.05) is 13.1 Å². The molecular formula is C11H19N3O. The largest absolute Gasteiger partial charge is 0.339 e. The van der Waals surface area contributed by atoms with Gasteiger partial charge in [-0.25, -0.2) is 0 Å². The summed E-state index contributed by atoms with van der Waals surface area (Å²) in [6, 6.07) is 0. The summed E-state index contributed by atoms with van der Waals surface area (Å²) in [5.74, 6) is 2.08. The number of aryl methyl sites for hydroxylation is 1. The summed E-state index contributed by atoms with van der Waals surface area (Å²) in [5, 5.41) is 7.30. The van der Waals surface area contributed by atoms with Crippen LogP contribution in [0.2, 0.25) is 0 Å². The van der Waals surface area contributed by atoms with Crippen LogP contribution in [0.15, 0.2) is 4.52 Å². The SMILES string of the molecule is Cc1noc(C(C)(C)C2CCCNC2)n1. The topological polar surface area (TPSA) is 51.0 Å². The molecule has 1 aromatic heterocycles. The summed E-state index contributed by atoms with van der Waals surface area (Å²) < 4.78 is 5.29. The van der Waals surface area contributed by atoms with Crippen LogP contribution in [0.4, 0.5) is 0 Å². The Hall–Kier alpha value is -0.900. The van der Waals surface area contributed by atoms with Gasteiger partial charge in [-0.2, -0.15) is 4.98 Å². The lowest BCUT2D eigenvalue weighted by molar-refractivity contribution is 0.196. The lowest BCUT2D eigenvalue weighted by atomic mass is 9.75. The van der Waals surface area contributed by atoms with Crippen molar-refractivity contribution < 1.29 is 4.52 Å². The predicted octanol–water partition coefficient (Wildman–Crippen LogP) is 1.66. The quantitative estimate of drug-likeness (QED) is 0.804. The average molecular weight is 209 g/mol. The van der Waals surface area contributed by atoms with Crippen LogP contribution in [0.25, 0.3) is 0 Å². The molecule has 0 amide bonds. The van der Waals surface area contributed by atoms with Gasteiger partial charge in [-0.15, -0.1) is 0 Å². The number of rotatable bonds is 2. The van der Waals surface area contributed by atoms with Crippen LogP contribution in [0.3, 0.4) is 0 Å². The Bertz CT molecular complexity index is 326. The second kappa shape index (κ2) is 3.93. The van der Waals surface area contributed by atoms with E-state index in [1.54, 1.807) is 0 Å². The molecule has 1 unspecified atom stereocenters. The number of hydrogen-bond donors (Lipinski definition) is 1. The predicted molar refractivity (Wildman–Crippen MR) is 57.7 cm³/mol. The Balaban J connectivity index is 2.17. The van der Waals surface area contributed by atoms with Crippen molar-refractivity contribution in [1.82, 2.24) is 15.5 Å². The van der Waals surface area contributed by atoms with Crippen molar-refractivity contribution in [2.45, 2.75) is 39.0 Å². The normalized spacial score (nSPS) is 23.0. The summed E-state index contributed by atoms with van der Waals surface area (Å²) in [6.07, 6.45) is 2.47. The van der Waals surface area contributed by atoms with Gasteiger partial charge < -0.3 is 9.84 Å². The fourth-order valence-electron chi connectivity index (χ4n) is 2.20. The standard InChI is InChI=1S/C11H19N3O/c1-8-13-10(15-14-8)11(2,3)9-5-4-6-12-7-9/h9,12H,4-7H2,1-3H3. The molecule has 1 saturated heterocycles. The van der Waals surface area contributed by atoms with Crippen molar-refractivity contribution in [3.8, 4) is 0 Å². The van der Waals surface area contributed by atoms with Crippen LogP contribution in [-0.2, 0) is 5.41 Å². The zero-order chi connectivity index (χ0) is 10.9. The zero-order valence-corrected chi connectivity index (χ0v) is 9.71. The molecule has 1 fully saturated rings. The molecule has 0 aliphatic carbocycles. The molecular weight excluding hydrogens is 190 g/mol. The van der Waals surface area contributed by atoms with Gasteiger partial charge in [0.15, 0.2) is 5.82 Å². The van der Waals surface area contributed by atoms with Gasteiger partial charge in [0.2, 0.25) is 5.89 Å². The third-order valence-corrected chi connectivity index (χ3v) is 3.40. The minimum absolute atomic E-state index is 0.0192. The van der Waals surface area contributed by atoms with Crippen molar-refractivity contribution in [2.24, 2.45) is 5.92 Å². The smallest absolute Gasteiger partial charge is 0.232 e. The summed E-state index contributed by atoms with van der Waals surface area (Å²) >= 11 is 0. The first-order valence-electron chi connectivity index (χ1n) is 5.62. The van der Waals surface area contributed by atoms with Gasteiger partial charge in [-0.3, -0.25) is 0 Å². The molecule has 0 saturated carbocycles. The van der Waals surface area contributed by atoms with Crippen LogP contribution >= 0.6 is 0 Å². The molecule has 15 heavy (non-hydrogen) atoms. The lowest BCUT2D eigenvalue weighted by Gasteiger charge is -2.34. The Morgan fingerprint density at radius 3 is 2.80 bits per heavy atom. The molecule has 0 spiro atoms. The van der Waals surface area contributed by atoms with Gasteiger partial charge in [-0.05, 0) is 38.8 Å². The van der Waals surface area contributed by atoms with E-state index in [0.717, 1.165) is 24.8 Å². The molecule has 0 radical (unpaired) electrons. The van der Waals surface area contributed by atoms with Crippen LogP contribution in [0.5, 0.6) is 0 Å². The molecule has 2 heterocycles. The van der Waals surface area contributed by atoms with E-state index in [2.05, 4.69) is 29.3 Å². The van der Waals surface area contributed by atoms with Crippen molar-refractivity contribution in [3.63, 3.8) is 0 Å². The summed E-state index contributed by atoms with van der Waals surface area (Å²) in [5.41, 5.74) is -0.0192. The maximum absolute atomic E-state index is 5.29. The van der Waals surface area contributed by atoms with Crippen LogP contribution < -0.4 is 5.32 Å². The molecule has 0 aromatic carbocycles. The van der Waals surface area contributed by atoms with E-state index in [1.807, 2.05) is 6.92 Å². The van der Waals surface area contributed by atoms with E-state index >= 15 is 0 Å². The molecule has 0 bridgehead atoms. The maximum Gasteiger partial charge on any atom is 0.232 e. The van der Waals surface area contributed by atoms with E-state index in [0.29, 0.717) is 5.92 Å². The Labute approximate surface area is 90.4 Å². The Morgan fingerprint density at radius 2 is 2.27 bits per heavy atom. The van der Waals surface area contributed by atoms with Crippen molar-refractivity contribution in [3.05, 3.63) is 11.7 Å². The second-order valence-electron chi connectivity index (χ2n) is 4.91. The first kappa shape index (κ1) is 10.6. The van der Waals surface area contributed by atoms with E-state index in [1.165, 1.54) is 12.8 Å². The first-order valence-corrected chi connectivity index (χ1v) is 5.62. The van der Waals surface area contributed by atoms with E-state index < -0.39 is 0 Å². The van der Waals surface area contributed by atoms with Crippen molar-refractivity contribution in [1.29, 1.82) is 0 Å². The fourth-order valence-corrected chi connectivity index (χ4v) is 2.20. The third-order valence-electron chi connectivity index (χ3n) is 3.40. The number of piperidine rings is 1. The van der Waals surface area contributed by atoms with Crippen LogP contribution in [0, 0.1) is 12.8 Å². The van der Waals surface area contributed by atoms with E-state index in [4.69, 9.17) is 4.52 Å². The minimum atomic E-state index is -0.0192. The number of hydrogen-bond acceptors (Lipinski definition) is 4. The van der Waals surface area contributed by atoms with E-state index in [-0.39, 0.29) is 5.41 Å². The fraction of sp³-hybridized carbons (Fsp3) is 0.818.